The van der Waals surface area contributed by atoms with Gasteiger partial charge in [-0.3, -0.25) is 4.79 Å². The zero-order valence-corrected chi connectivity index (χ0v) is 12.8. The van der Waals surface area contributed by atoms with E-state index in [9.17, 15) is 4.79 Å². The summed E-state index contributed by atoms with van der Waals surface area (Å²) in [6.45, 7) is 10.4. The number of hydrogen-bond donors (Lipinski definition) is 0. The normalized spacial score (nSPS) is 10.3. The summed E-state index contributed by atoms with van der Waals surface area (Å²) in [4.78, 5) is 11.7. The van der Waals surface area contributed by atoms with Crippen molar-refractivity contribution in [2.24, 2.45) is 0 Å². The summed E-state index contributed by atoms with van der Waals surface area (Å²) in [5.41, 5.74) is 0. The van der Waals surface area contributed by atoms with Crippen LogP contribution in [0.15, 0.2) is 42.1 Å². The summed E-state index contributed by atoms with van der Waals surface area (Å²) >= 11 is 0. The molecule has 19 heavy (non-hydrogen) atoms. The van der Waals surface area contributed by atoms with Crippen molar-refractivity contribution >= 4 is 19.2 Å². The molecule has 3 heteroatoms. The molecule has 0 aliphatic carbocycles. The molecule has 0 saturated carbocycles. The molecule has 0 atom stereocenters. The summed E-state index contributed by atoms with van der Waals surface area (Å²) < 4.78 is 5.03. The molecule has 1 rings (SSSR count). The number of ether oxygens (including phenoxy) is 1. The van der Waals surface area contributed by atoms with Gasteiger partial charge in [0, 0.05) is 0 Å². The highest BCUT2D eigenvalue weighted by molar-refractivity contribution is 6.95. The van der Waals surface area contributed by atoms with Gasteiger partial charge in [0.15, 0.2) is 6.61 Å². The molecular formula is C16H20O2Si. The molecule has 1 aromatic carbocycles. The van der Waals surface area contributed by atoms with Gasteiger partial charge in [-0.25, -0.2) is 0 Å². The van der Waals surface area contributed by atoms with Gasteiger partial charge in [-0.15, -0.1) is 12.5 Å². The maximum Gasteiger partial charge on any atom is 0.310 e. The van der Waals surface area contributed by atoms with E-state index in [2.05, 4.69) is 43.6 Å². The highest BCUT2D eigenvalue weighted by atomic mass is 28.3. The zero-order chi connectivity index (χ0) is 14.3. The third-order valence-electron chi connectivity index (χ3n) is 3.22. The van der Waals surface area contributed by atoms with Crippen LogP contribution in [0, 0.1) is 11.8 Å². The molecule has 0 unspecified atom stereocenters. The van der Waals surface area contributed by atoms with Gasteiger partial charge in [0.05, 0.1) is 6.42 Å². The minimum absolute atomic E-state index is 0.163. The molecule has 0 saturated heterocycles. The van der Waals surface area contributed by atoms with Crippen LogP contribution in [-0.2, 0) is 9.53 Å². The molecule has 0 amide bonds. The Labute approximate surface area is 116 Å². The van der Waals surface area contributed by atoms with Gasteiger partial charge in [-0.2, -0.15) is 0 Å². The van der Waals surface area contributed by atoms with Crippen LogP contribution in [0.1, 0.15) is 13.3 Å². The fourth-order valence-electron chi connectivity index (χ4n) is 1.69. The zero-order valence-electron chi connectivity index (χ0n) is 11.8. The first-order valence-electron chi connectivity index (χ1n) is 6.27. The topological polar surface area (TPSA) is 26.3 Å². The number of benzene rings is 1. The number of rotatable bonds is 5. The van der Waals surface area contributed by atoms with Gasteiger partial charge in [0.2, 0.25) is 0 Å². The number of carbonyl (C=O) groups is 1. The quantitative estimate of drug-likeness (QED) is 0.468. The maximum atomic E-state index is 11.7. The minimum atomic E-state index is -1.82. The first-order valence-corrected chi connectivity index (χ1v) is 9.27. The molecule has 0 bridgehead atoms. The van der Waals surface area contributed by atoms with E-state index >= 15 is 0 Å². The van der Waals surface area contributed by atoms with Crippen LogP contribution >= 0.6 is 0 Å². The van der Waals surface area contributed by atoms with Crippen molar-refractivity contribution < 1.29 is 9.53 Å². The van der Waals surface area contributed by atoms with Crippen LogP contribution in [0.4, 0.5) is 0 Å². The van der Waals surface area contributed by atoms with Gasteiger partial charge in [0.25, 0.3) is 0 Å². The Hall–Kier alpha value is -1.79. The largest absolute Gasteiger partial charge is 0.452 e. The average Bonchev–Trinajstić information content (AvgIpc) is 2.40. The second kappa shape index (κ2) is 6.96. The van der Waals surface area contributed by atoms with Gasteiger partial charge in [-0.05, 0) is 6.92 Å². The van der Waals surface area contributed by atoms with Gasteiger partial charge in [0.1, 0.15) is 8.07 Å². The van der Waals surface area contributed by atoms with Crippen LogP contribution in [0.2, 0.25) is 13.1 Å². The monoisotopic (exact) mass is 272 g/mol. The number of hydrogen-bond acceptors (Lipinski definition) is 2. The summed E-state index contributed by atoms with van der Waals surface area (Å²) in [5, 5.41) is 2.26. The standard InChI is InChI=1S/C16H20O2Si/c1-5-6-12-18-16(17)13-14(2)19(3,4)15-10-8-7-9-11-15/h7-11H,2,12-13H2,1,3-4H3. The SMILES string of the molecule is C=C(CC(=O)OCC#CC)[Si](C)(C)c1ccccc1. The third kappa shape index (κ3) is 4.42. The Kier molecular flexibility index (Phi) is 5.59. The summed E-state index contributed by atoms with van der Waals surface area (Å²) in [6, 6.07) is 10.2. The van der Waals surface area contributed by atoms with Crippen LogP contribution in [0.3, 0.4) is 0 Å². The predicted octanol–water partition coefficient (Wildman–Crippen LogP) is 2.65. The van der Waals surface area contributed by atoms with Crippen molar-refractivity contribution in [1.82, 2.24) is 0 Å². The van der Waals surface area contributed by atoms with E-state index in [-0.39, 0.29) is 19.0 Å². The van der Waals surface area contributed by atoms with Crippen molar-refractivity contribution in [1.29, 1.82) is 0 Å². The Morgan fingerprint density at radius 3 is 2.53 bits per heavy atom. The van der Waals surface area contributed by atoms with E-state index < -0.39 is 8.07 Å². The molecule has 100 valence electrons. The smallest absolute Gasteiger partial charge is 0.310 e. The lowest BCUT2D eigenvalue weighted by Gasteiger charge is -2.25. The second-order valence-corrected chi connectivity index (χ2v) is 9.39. The number of carbonyl (C=O) groups excluding carboxylic acids is 1. The highest BCUT2D eigenvalue weighted by Crippen LogP contribution is 2.17. The van der Waals surface area contributed by atoms with E-state index in [1.165, 1.54) is 5.19 Å². The molecule has 2 nitrogen and oxygen atoms in total. The van der Waals surface area contributed by atoms with Crippen molar-refractivity contribution in [2.75, 3.05) is 6.61 Å². The lowest BCUT2D eigenvalue weighted by atomic mass is 10.4. The average molecular weight is 272 g/mol. The Bertz CT molecular complexity index is 507. The molecule has 0 heterocycles. The van der Waals surface area contributed by atoms with Gasteiger partial charge < -0.3 is 4.74 Å². The van der Waals surface area contributed by atoms with Crippen molar-refractivity contribution in [3.63, 3.8) is 0 Å². The molecule has 0 aliphatic rings. The van der Waals surface area contributed by atoms with E-state index in [0.29, 0.717) is 0 Å². The molecule has 0 N–H and O–H groups in total. The minimum Gasteiger partial charge on any atom is -0.452 e. The first kappa shape index (κ1) is 15.3. The highest BCUT2D eigenvalue weighted by Gasteiger charge is 2.28. The van der Waals surface area contributed by atoms with E-state index in [1.807, 2.05) is 18.2 Å². The maximum absolute atomic E-state index is 11.7. The molecule has 1 aromatic rings. The summed E-state index contributed by atoms with van der Waals surface area (Å²) in [7, 11) is -1.82. The van der Waals surface area contributed by atoms with Gasteiger partial charge >= 0.3 is 5.97 Å². The lowest BCUT2D eigenvalue weighted by molar-refractivity contribution is -0.141. The molecule has 0 fully saturated rings. The van der Waals surface area contributed by atoms with Crippen molar-refractivity contribution in [3.8, 4) is 11.8 Å². The molecular weight excluding hydrogens is 252 g/mol. The van der Waals surface area contributed by atoms with Crippen molar-refractivity contribution in [2.45, 2.75) is 26.4 Å². The first-order chi connectivity index (χ1) is 8.98. The van der Waals surface area contributed by atoms with Gasteiger partial charge in [-0.1, -0.05) is 59.7 Å². The van der Waals surface area contributed by atoms with E-state index in [0.717, 1.165) is 5.20 Å². The summed E-state index contributed by atoms with van der Waals surface area (Å²) in [6.07, 6.45) is 0.277. The second-order valence-electron chi connectivity index (χ2n) is 4.86. The fraction of sp³-hybridized carbons (Fsp3) is 0.312. The molecule has 0 aliphatic heterocycles. The van der Waals surface area contributed by atoms with Crippen LogP contribution in [0.25, 0.3) is 0 Å². The van der Waals surface area contributed by atoms with Crippen LogP contribution < -0.4 is 5.19 Å². The summed E-state index contributed by atoms with van der Waals surface area (Å²) in [5.74, 6) is 5.16. The molecule has 0 radical (unpaired) electrons. The van der Waals surface area contributed by atoms with E-state index in [1.54, 1.807) is 6.92 Å². The number of esters is 1. The Balaban J connectivity index is 2.66. The molecule has 0 aromatic heterocycles. The van der Waals surface area contributed by atoms with E-state index in [4.69, 9.17) is 4.74 Å². The Morgan fingerprint density at radius 2 is 1.95 bits per heavy atom. The van der Waals surface area contributed by atoms with Crippen LogP contribution in [-0.4, -0.2) is 20.7 Å². The van der Waals surface area contributed by atoms with Crippen molar-refractivity contribution in [3.05, 3.63) is 42.1 Å². The third-order valence-corrected chi connectivity index (χ3v) is 6.94. The van der Waals surface area contributed by atoms with Crippen LogP contribution in [0.5, 0.6) is 0 Å². The lowest BCUT2D eigenvalue weighted by Crippen LogP contribution is -2.44. The Morgan fingerprint density at radius 1 is 1.32 bits per heavy atom. The fourth-order valence-corrected chi connectivity index (χ4v) is 3.71. The predicted molar refractivity (Wildman–Crippen MR) is 81.7 cm³/mol. The molecule has 0 spiro atoms.